The van der Waals surface area contributed by atoms with E-state index in [1.807, 2.05) is 36.4 Å². The van der Waals surface area contributed by atoms with Crippen molar-refractivity contribution in [2.24, 2.45) is 0 Å². The Bertz CT molecular complexity index is 1260. The minimum absolute atomic E-state index is 0.0845. The number of ether oxygens (including phenoxy) is 1. The summed E-state index contributed by atoms with van der Waals surface area (Å²) in [5, 5.41) is 0.535. The third kappa shape index (κ3) is 4.01. The molecule has 1 saturated heterocycles. The maximum atomic E-state index is 13.0. The molecule has 5 rings (SSSR count). The molecule has 1 aliphatic heterocycles. The Morgan fingerprint density at radius 2 is 1.62 bits per heavy atom. The number of nitrogens with zero attached hydrogens (tertiary/aromatic N) is 5. The van der Waals surface area contributed by atoms with Gasteiger partial charge in [-0.2, -0.15) is 0 Å². The van der Waals surface area contributed by atoms with Crippen molar-refractivity contribution in [3.05, 3.63) is 89.0 Å². The third-order valence-corrected chi connectivity index (χ3v) is 5.90. The van der Waals surface area contributed by atoms with Gasteiger partial charge >= 0.3 is 0 Å². The van der Waals surface area contributed by atoms with E-state index in [4.69, 9.17) is 9.72 Å². The largest absolute Gasteiger partial charge is 0.497 e. The van der Waals surface area contributed by atoms with Crippen molar-refractivity contribution in [3.8, 4) is 5.75 Å². The van der Waals surface area contributed by atoms with Gasteiger partial charge < -0.3 is 19.1 Å². The summed E-state index contributed by atoms with van der Waals surface area (Å²) in [5.74, 6) is 1.47. The van der Waals surface area contributed by atoms with Gasteiger partial charge in [0.05, 0.1) is 24.6 Å². The van der Waals surface area contributed by atoms with Crippen LogP contribution in [-0.2, 0) is 6.54 Å². The number of para-hydroxylation sites is 1. The van der Waals surface area contributed by atoms with E-state index in [2.05, 4.69) is 39.0 Å². The van der Waals surface area contributed by atoms with Gasteiger partial charge in [0.2, 0.25) is 5.95 Å². The number of pyridine rings is 1. The zero-order valence-electron chi connectivity index (χ0n) is 18.0. The zero-order chi connectivity index (χ0) is 21.9. The number of aromatic nitrogens is 3. The minimum Gasteiger partial charge on any atom is -0.497 e. The van der Waals surface area contributed by atoms with Gasteiger partial charge in [-0.1, -0.05) is 30.3 Å². The first kappa shape index (κ1) is 20.1. The van der Waals surface area contributed by atoms with E-state index >= 15 is 0 Å². The van der Waals surface area contributed by atoms with Gasteiger partial charge in [-0.25, -0.2) is 9.97 Å². The van der Waals surface area contributed by atoms with Crippen molar-refractivity contribution >= 4 is 22.5 Å². The summed E-state index contributed by atoms with van der Waals surface area (Å²) in [6.45, 7) is 4.00. The molecule has 2 aromatic heterocycles. The summed E-state index contributed by atoms with van der Waals surface area (Å²) in [4.78, 5) is 26.8. The fourth-order valence-corrected chi connectivity index (χ4v) is 4.07. The highest BCUT2D eigenvalue weighted by atomic mass is 16.5. The number of fused-ring (bicyclic) bond motifs is 1. The van der Waals surface area contributed by atoms with E-state index in [0.29, 0.717) is 23.4 Å². The Labute approximate surface area is 186 Å². The predicted molar refractivity (Wildman–Crippen MR) is 127 cm³/mol. The molecule has 0 radical (unpaired) electrons. The monoisotopic (exact) mass is 427 g/mol. The van der Waals surface area contributed by atoms with Crippen LogP contribution in [0.5, 0.6) is 5.75 Å². The molecule has 1 fully saturated rings. The van der Waals surface area contributed by atoms with Gasteiger partial charge in [0.25, 0.3) is 5.56 Å². The summed E-state index contributed by atoms with van der Waals surface area (Å²) >= 11 is 0. The molecule has 0 bridgehead atoms. The zero-order valence-corrected chi connectivity index (χ0v) is 18.0. The molecule has 0 amide bonds. The maximum absolute atomic E-state index is 13.0. The Morgan fingerprint density at radius 1 is 0.906 bits per heavy atom. The smallest absolute Gasteiger partial charge is 0.261 e. The van der Waals surface area contributed by atoms with Crippen molar-refractivity contribution in [2.75, 3.05) is 43.1 Å². The van der Waals surface area contributed by atoms with E-state index in [1.165, 1.54) is 5.69 Å². The van der Waals surface area contributed by atoms with Crippen LogP contribution in [0.3, 0.4) is 0 Å². The van der Waals surface area contributed by atoms with Crippen LogP contribution in [0.4, 0.5) is 11.6 Å². The van der Waals surface area contributed by atoms with Crippen LogP contribution in [0.1, 0.15) is 5.56 Å². The third-order valence-electron chi connectivity index (χ3n) is 5.90. The number of rotatable bonds is 5. The summed E-state index contributed by atoms with van der Waals surface area (Å²) in [6.07, 6.45) is 3.47. The molecule has 4 aromatic rings. The summed E-state index contributed by atoms with van der Waals surface area (Å²) < 4.78 is 6.88. The van der Waals surface area contributed by atoms with Crippen molar-refractivity contribution < 1.29 is 4.74 Å². The van der Waals surface area contributed by atoms with Crippen LogP contribution < -0.4 is 20.1 Å². The highest BCUT2D eigenvalue weighted by Crippen LogP contribution is 2.19. The van der Waals surface area contributed by atoms with Crippen molar-refractivity contribution in [1.82, 2.24) is 14.5 Å². The van der Waals surface area contributed by atoms with Crippen molar-refractivity contribution in [1.29, 1.82) is 0 Å². The molecule has 7 heteroatoms. The molecule has 0 unspecified atom stereocenters. The highest BCUT2D eigenvalue weighted by Gasteiger charge is 2.19. The second-order valence-electron chi connectivity index (χ2n) is 7.88. The Morgan fingerprint density at radius 3 is 2.34 bits per heavy atom. The predicted octanol–water partition coefficient (Wildman–Crippen LogP) is 3.18. The molecule has 0 saturated carbocycles. The van der Waals surface area contributed by atoms with Crippen LogP contribution in [0.2, 0.25) is 0 Å². The van der Waals surface area contributed by atoms with Crippen LogP contribution in [0.25, 0.3) is 10.9 Å². The Balaban J connectivity index is 1.32. The van der Waals surface area contributed by atoms with E-state index in [-0.39, 0.29) is 5.56 Å². The second-order valence-corrected chi connectivity index (χ2v) is 7.88. The number of hydrogen-bond donors (Lipinski definition) is 0. The molecular formula is C25H25N5O2. The molecular weight excluding hydrogens is 402 g/mol. The van der Waals surface area contributed by atoms with Gasteiger partial charge in [-0.05, 0) is 35.9 Å². The van der Waals surface area contributed by atoms with Crippen LogP contribution >= 0.6 is 0 Å². The standard InChI is InChI=1S/C25H25N5O2/c1-32-21-9-7-19(8-10-21)18-30-12-11-23-22(24(30)31)17-26-25(27-23)29-15-13-28(14-16-29)20-5-3-2-4-6-20/h2-12,17H,13-16,18H2,1H3. The molecule has 0 spiro atoms. The molecule has 162 valence electrons. The van der Waals surface area contributed by atoms with Gasteiger partial charge in [-0.15, -0.1) is 0 Å². The molecule has 0 atom stereocenters. The fraction of sp³-hybridized carbons (Fsp3) is 0.240. The van der Waals surface area contributed by atoms with Crippen LogP contribution in [0.15, 0.2) is 77.9 Å². The number of methoxy groups -OCH3 is 1. The van der Waals surface area contributed by atoms with Crippen LogP contribution in [-0.4, -0.2) is 47.8 Å². The van der Waals surface area contributed by atoms with Gasteiger partial charge in [0.15, 0.2) is 0 Å². The Kier molecular flexibility index (Phi) is 5.46. The lowest BCUT2D eigenvalue weighted by molar-refractivity contribution is 0.414. The molecule has 7 nitrogen and oxygen atoms in total. The maximum Gasteiger partial charge on any atom is 0.261 e. The number of benzene rings is 2. The average molecular weight is 428 g/mol. The van der Waals surface area contributed by atoms with E-state index in [1.54, 1.807) is 24.1 Å². The lowest BCUT2D eigenvalue weighted by Gasteiger charge is -2.36. The normalized spacial score (nSPS) is 14.0. The molecule has 0 N–H and O–H groups in total. The number of hydrogen-bond acceptors (Lipinski definition) is 6. The highest BCUT2D eigenvalue weighted by molar-refractivity contribution is 5.77. The molecule has 1 aliphatic rings. The van der Waals surface area contributed by atoms with Crippen LogP contribution in [0, 0.1) is 0 Å². The minimum atomic E-state index is -0.0845. The molecule has 2 aromatic carbocycles. The van der Waals surface area contributed by atoms with Gasteiger partial charge in [-0.3, -0.25) is 4.79 Å². The molecule has 0 aliphatic carbocycles. The van der Waals surface area contributed by atoms with Crippen molar-refractivity contribution in [3.63, 3.8) is 0 Å². The van der Waals surface area contributed by atoms with E-state index in [9.17, 15) is 4.79 Å². The van der Waals surface area contributed by atoms with E-state index < -0.39 is 0 Å². The number of piperazine rings is 1. The lowest BCUT2D eigenvalue weighted by atomic mass is 10.2. The quantitative estimate of drug-likeness (QED) is 0.488. The summed E-state index contributed by atoms with van der Waals surface area (Å²) in [6, 6.07) is 20.1. The average Bonchev–Trinajstić information content (AvgIpc) is 2.86. The first-order valence-corrected chi connectivity index (χ1v) is 10.8. The molecule has 3 heterocycles. The summed E-state index contributed by atoms with van der Waals surface area (Å²) in [7, 11) is 1.64. The lowest BCUT2D eigenvalue weighted by Crippen LogP contribution is -2.47. The topological polar surface area (TPSA) is 63.5 Å². The molecule has 32 heavy (non-hydrogen) atoms. The number of anilines is 2. The Hall–Kier alpha value is -3.87. The first-order valence-electron chi connectivity index (χ1n) is 10.8. The fourth-order valence-electron chi connectivity index (χ4n) is 4.07. The second kappa shape index (κ2) is 8.70. The van der Waals surface area contributed by atoms with Gasteiger partial charge in [0, 0.05) is 44.3 Å². The van der Waals surface area contributed by atoms with Gasteiger partial charge in [0.1, 0.15) is 5.75 Å². The first-order chi connectivity index (χ1) is 15.7. The summed E-state index contributed by atoms with van der Waals surface area (Å²) in [5.41, 5.74) is 2.86. The van der Waals surface area contributed by atoms with Crippen molar-refractivity contribution in [2.45, 2.75) is 6.54 Å². The van der Waals surface area contributed by atoms with E-state index in [0.717, 1.165) is 37.5 Å². The SMILES string of the molecule is COc1ccc(Cn2ccc3nc(N4CCN(c5ccccc5)CC4)ncc3c2=O)cc1.